The number of amides is 1. The fourth-order valence-electron chi connectivity index (χ4n) is 4.71. The van der Waals surface area contributed by atoms with Crippen LogP contribution in [0.25, 0.3) is 11.3 Å². The molecule has 5 rings (SSSR count). The Hall–Kier alpha value is -3.48. The normalized spacial score (nSPS) is 22.4. The number of ether oxygens (including phenoxy) is 1. The summed E-state index contributed by atoms with van der Waals surface area (Å²) in [5, 5.41) is 4.10. The number of aromatic nitrogens is 3. The Morgan fingerprint density at radius 3 is 2.52 bits per heavy atom. The van der Waals surface area contributed by atoms with E-state index in [0.29, 0.717) is 30.6 Å². The molecule has 1 aromatic carbocycles. The van der Waals surface area contributed by atoms with Gasteiger partial charge in [0, 0.05) is 38.0 Å². The third-order valence-electron chi connectivity index (χ3n) is 6.22. The van der Waals surface area contributed by atoms with Crippen LogP contribution in [0.5, 0.6) is 5.75 Å². The first kappa shape index (κ1) is 19.5. The lowest BCUT2D eigenvalue weighted by Crippen LogP contribution is -2.34. The van der Waals surface area contributed by atoms with Gasteiger partial charge >= 0.3 is 6.03 Å². The van der Waals surface area contributed by atoms with E-state index in [1.165, 1.54) is 11.6 Å². The van der Waals surface area contributed by atoms with E-state index in [0.717, 1.165) is 29.8 Å². The van der Waals surface area contributed by atoms with Gasteiger partial charge in [0.05, 0.1) is 11.8 Å². The first-order valence-electron chi connectivity index (χ1n) is 10.6. The summed E-state index contributed by atoms with van der Waals surface area (Å²) in [4.78, 5) is 30.4. The number of carbonyl (C=O) groups excluding carboxylic acids is 2. The maximum absolute atomic E-state index is 12.7. The Morgan fingerprint density at radius 1 is 1.03 bits per heavy atom. The average molecular weight is 416 g/mol. The molecule has 0 spiro atoms. The SMILES string of the molecule is CC(=O)c1ccn(C(=O)N2C[C@H]3C[C@H](Oc4cccc(-c5ccccn5)c4)C[C@H]3C2)n1. The predicted octanol–water partition coefficient (Wildman–Crippen LogP) is 3.91. The molecule has 0 unspecified atom stereocenters. The van der Waals surface area contributed by atoms with E-state index in [1.807, 2.05) is 47.4 Å². The van der Waals surface area contributed by atoms with Crippen molar-refractivity contribution in [1.82, 2.24) is 19.7 Å². The number of hydrogen-bond donors (Lipinski definition) is 0. The number of rotatable bonds is 4. The fourth-order valence-corrected chi connectivity index (χ4v) is 4.71. The zero-order chi connectivity index (χ0) is 21.4. The van der Waals surface area contributed by atoms with E-state index >= 15 is 0 Å². The third-order valence-corrected chi connectivity index (χ3v) is 6.22. The van der Waals surface area contributed by atoms with Crippen LogP contribution in [-0.2, 0) is 0 Å². The van der Waals surface area contributed by atoms with Gasteiger partial charge in [-0.15, -0.1) is 0 Å². The van der Waals surface area contributed by atoms with Gasteiger partial charge in [0.15, 0.2) is 5.78 Å². The lowest BCUT2D eigenvalue weighted by Gasteiger charge is -2.20. The van der Waals surface area contributed by atoms with Gasteiger partial charge in [-0.2, -0.15) is 9.78 Å². The molecule has 3 heterocycles. The highest BCUT2D eigenvalue weighted by molar-refractivity contribution is 5.92. The summed E-state index contributed by atoms with van der Waals surface area (Å²) in [6, 6.07) is 15.3. The van der Waals surface area contributed by atoms with Crippen LogP contribution >= 0.6 is 0 Å². The second kappa shape index (κ2) is 7.98. The molecule has 2 aliphatic rings. The smallest absolute Gasteiger partial charge is 0.344 e. The summed E-state index contributed by atoms with van der Waals surface area (Å²) in [6.07, 6.45) is 5.37. The maximum atomic E-state index is 12.7. The van der Waals surface area contributed by atoms with E-state index in [9.17, 15) is 9.59 Å². The van der Waals surface area contributed by atoms with Crippen molar-refractivity contribution in [2.45, 2.75) is 25.9 Å². The van der Waals surface area contributed by atoms with Crippen LogP contribution in [0.15, 0.2) is 60.9 Å². The molecule has 7 nitrogen and oxygen atoms in total. The van der Waals surface area contributed by atoms with E-state index in [1.54, 1.807) is 18.5 Å². The number of likely N-dealkylation sites (tertiary alicyclic amines) is 1. The highest BCUT2D eigenvalue weighted by Crippen LogP contribution is 2.40. The number of fused-ring (bicyclic) bond motifs is 1. The molecule has 2 aromatic heterocycles. The van der Waals surface area contributed by atoms with Crippen molar-refractivity contribution < 1.29 is 14.3 Å². The Kier molecular flexibility index (Phi) is 5.02. The molecule has 1 amide bonds. The lowest BCUT2D eigenvalue weighted by molar-refractivity contribution is 0.101. The minimum Gasteiger partial charge on any atom is -0.490 e. The molecule has 0 radical (unpaired) electrons. The van der Waals surface area contributed by atoms with Gasteiger partial charge in [-0.1, -0.05) is 18.2 Å². The molecule has 1 saturated carbocycles. The molecule has 1 aliphatic carbocycles. The molecule has 1 aliphatic heterocycles. The van der Waals surface area contributed by atoms with Crippen molar-refractivity contribution in [2.24, 2.45) is 11.8 Å². The molecule has 0 bridgehead atoms. The molecule has 158 valence electrons. The zero-order valence-electron chi connectivity index (χ0n) is 17.3. The van der Waals surface area contributed by atoms with Crippen molar-refractivity contribution in [3.05, 3.63) is 66.6 Å². The Balaban J connectivity index is 1.20. The fraction of sp³-hybridized carbons (Fsp3) is 0.333. The van der Waals surface area contributed by atoms with Gasteiger partial charge < -0.3 is 9.64 Å². The largest absolute Gasteiger partial charge is 0.490 e. The van der Waals surface area contributed by atoms with Crippen molar-refractivity contribution in [3.8, 4) is 17.0 Å². The summed E-state index contributed by atoms with van der Waals surface area (Å²) < 4.78 is 7.57. The highest BCUT2D eigenvalue weighted by atomic mass is 16.5. The van der Waals surface area contributed by atoms with Gasteiger partial charge in [0.25, 0.3) is 0 Å². The van der Waals surface area contributed by atoms with E-state index in [2.05, 4.69) is 10.1 Å². The number of Topliss-reactive ketones (excluding diaryl/α,β-unsaturated/α-hetero) is 1. The van der Waals surface area contributed by atoms with Crippen molar-refractivity contribution >= 4 is 11.8 Å². The standard InChI is InChI=1S/C24H24N4O3/c1-16(29)22-8-10-28(26-22)24(30)27-14-18-12-21(13-19(18)15-27)31-20-6-4-5-17(11-20)23-7-2-3-9-25-23/h2-11,18-19,21H,12-15H2,1H3/t18-,19+,21+. The first-order chi connectivity index (χ1) is 15.1. The summed E-state index contributed by atoms with van der Waals surface area (Å²) >= 11 is 0. The summed E-state index contributed by atoms with van der Waals surface area (Å²) in [6.45, 7) is 2.85. The molecule has 2 fully saturated rings. The van der Waals surface area contributed by atoms with Crippen molar-refractivity contribution in [2.75, 3.05) is 13.1 Å². The molecule has 31 heavy (non-hydrogen) atoms. The molecular weight excluding hydrogens is 392 g/mol. The molecule has 0 N–H and O–H groups in total. The zero-order valence-corrected chi connectivity index (χ0v) is 17.3. The van der Waals surface area contributed by atoms with Crippen LogP contribution in [0.1, 0.15) is 30.3 Å². The number of hydrogen-bond acceptors (Lipinski definition) is 5. The first-order valence-corrected chi connectivity index (χ1v) is 10.6. The Labute approximate surface area is 180 Å². The third kappa shape index (κ3) is 3.95. The summed E-state index contributed by atoms with van der Waals surface area (Å²) in [7, 11) is 0. The van der Waals surface area contributed by atoms with Gasteiger partial charge in [-0.05, 0) is 55.0 Å². The highest BCUT2D eigenvalue weighted by Gasteiger charge is 2.43. The maximum Gasteiger partial charge on any atom is 0.344 e. The number of ketones is 1. The van der Waals surface area contributed by atoms with E-state index < -0.39 is 0 Å². The lowest BCUT2D eigenvalue weighted by atomic mass is 10.0. The molecule has 3 atom stereocenters. The minimum absolute atomic E-state index is 0.142. The summed E-state index contributed by atoms with van der Waals surface area (Å²) in [5.41, 5.74) is 2.28. The number of nitrogens with zero attached hydrogens (tertiary/aromatic N) is 4. The second-order valence-electron chi connectivity index (χ2n) is 8.36. The van der Waals surface area contributed by atoms with Gasteiger partial charge in [-0.25, -0.2) is 4.79 Å². The Morgan fingerprint density at radius 2 is 1.84 bits per heavy atom. The Bertz CT molecular complexity index is 1100. The van der Waals surface area contributed by atoms with E-state index in [-0.39, 0.29) is 17.9 Å². The average Bonchev–Trinajstić information content (AvgIpc) is 3.49. The molecule has 3 aromatic rings. The molecule has 1 saturated heterocycles. The van der Waals surface area contributed by atoms with E-state index in [4.69, 9.17) is 4.74 Å². The van der Waals surface area contributed by atoms with Gasteiger partial charge in [0.1, 0.15) is 11.4 Å². The van der Waals surface area contributed by atoms with Crippen LogP contribution < -0.4 is 4.74 Å². The molecular formula is C24H24N4O3. The van der Waals surface area contributed by atoms with Crippen LogP contribution in [0, 0.1) is 11.8 Å². The topological polar surface area (TPSA) is 77.3 Å². The van der Waals surface area contributed by atoms with Crippen LogP contribution in [0.4, 0.5) is 4.79 Å². The summed E-state index contributed by atoms with van der Waals surface area (Å²) in [5.74, 6) is 1.57. The van der Waals surface area contributed by atoms with Gasteiger partial charge in [0.2, 0.25) is 0 Å². The monoisotopic (exact) mass is 416 g/mol. The molecule has 7 heteroatoms. The quantitative estimate of drug-likeness (QED) is 0.603. The minimum atomic E-state index is -0.164. The van der Waals surface area contributed by atoms with Crippen LogP contribution in [0.2, 0.25) is 0 Å². The number of carbonyl (C=O) groups is 2. The van der Waals surface area contributed by atoms with Gasteiger partial charge in [-0.3, -0.25) is 9.78 Å². The second-order valence-corrected chi connectivity index (χ2v) is 8.36. The predicted molar refractivity (Wildman–Crippen MR) is 115 cm³/mol. The number of pyridine rings is 1. The van der Waals surface area contributed by atoms with Crippen LogP contribution in [-0.4, -0.2) is 50.7 Å². The van der Waals surface area contributed by atoms with Crippen molar-refractivity contribution in [3.63, 3.8) is 0 Å². The number of benzene rings is 1. The van der Waals surface area contributed by atoms with Crippen molar-refractivity contribution in [1.29, 1.82) is 0 Å². The van der Waals surface area contributed by atoms with Crippen LogP contribution in [0.3, 0.4) is 0 Å².